The number of carbonyl (C=O) groups is 2. The maximum Gasteiger partial charge on any atom is 0.249 e. The smallest absolute Gasteiger partial charge is 0.249 e. The van der Waals surface area contributed by atoms with Gasteiger partial charge >= 0.3 is 0 Å². The van der Waals surface area contributed by atoms with Gasteiger partial charge < -0.3 is 10.6 Å². The van der Waals surface area contributed by atoms with Gasteiger partial charge in [-0.1, -0.05) is 20.8 Å². The summed E-state index contributed by atoms with van der Waals surface area (Å²) in [6.07, 6.45) is 3.33. The fourth-order valence-corrected chi connectivity index (χ4v) is 2.11. The third kappa shape index (κ3) is 5.19. The van der Waals surface area contributed by atoms with Gasteiger partial charge in [-0.05, 0) is 36.6 Å². The molecule has 0 unspecified atom stereocenters. The molecule has 2 aromatic rings. The van der Waals surface area contributed by atoms with Crippen LogP contribution in [0.3, 0.4) is 0 Å². The number of benzene rings is 1. The van der Waals surface area contributed by atoms with Crippen molar-refractivity contribution in [1.82, 2.24) is 14.8 Å². The van der Waals surface area contributed by atoms with Gasteiger partial charge in [0, 0.05) is 17.8 Å². The van der Waals surface area contributed by atoms with Crippen molar-refractivity contribution >= 4 is 23.2 Å². The first-order valence-electron chi connectivity index (χ1n) is 7.79. The summed E-state index contributed by atoms with van der Waals surface area (Å²) in [6.45, 7) is 7.79. The van der Waals surface area contributed by atoms with Crippen molar-refractivity contribution < 1.29 is 9.59 Å². The van der Waals surface area contributed by atoms with Crippen LogP contribution in [0.5, 0.6) is 0 Å². The summed E-state index contributed by atoms with van der Waals surface area (Å²) in [6, 6.07) is 6.56. The second kappa shape index (κ2) is 7.25. The molecule has 0 aliphatic rings. The standard InChI is InChI=1S/C17H23N5O2/c1-12(22-11-18-10-19-22)16(24)21-14-7-5-13(6-8-14)20-15(23)9-17(2,3)4/h5-8,10-12H,9H2,1-4H3,(H,20,23)(H,21,24)/t12-/m1/s1. The third-order valence-corrected chi connectivity index (χ3v) is 3.34. The van der Waals surface area contributed by atoms with E-state index >= 15 is 0 Å². The summed E-state index contributed by atoms with van der Waals surface area (Å²) >= 11 is 0. The molecular weight excluding hydrogens is 306 g/mol. The van der Waals surface area contributed by atoms with Gasteiger partial charge in [0.05, 0.1) is 0 Å². The number of anilines is 2. The molecule has 0 bridgehead atoms. The van der Waals surface area contributed by atoms with Crippen LogP contribution in [0.1, 0.15) is 40.2 Å². The lowest BCUT2D eigenvalue weighted by atomic mass is 9.92. The normalized spacial score (nSPS) is 12.5. The molecule has 0 saturated carbocycles. The molecule has 0 aliphatic heterocycles. The number of rotatable bonds is 5. The molecular formula is C17H23N5O2. The second-order valence-electron chi connectivity index (χ2n) is 6.90. The fourth-order valence-electron chi connectivity index (χ4n) is 2.11. The van der Waals surface area contributed by atoms with Gasteiger partial charge in [0.15, 0.2) is 0 Å². The average Bonchev–Trinajstić information content (AvgIpc) is 3.00. The van der Waals surface area contributed by atoms with Gasteiger partial charge in [0.25, 0.3) is 0 Å². The van der Waals surface area contributed by atoms with Crippen LogP contribution in [0.2, 0.25) is 0 Å². The molecule has 0 spiro atoms. The summed E-state index contributed by atoms with van der Waals surface area (Å²) < 4.78 is 1.48. The van der Waals surface area contributed by atoms with Crippen molar-refractivity contribution in [3.8, 4) is 0 Å². The van der Waals surface area contributed by atoms with E-state index in [1.807, 2.05) is 20.8 Å². The van der Waals surface area contributed by atoms with Crippen LogP contribution in [-0.2, 0) is 9.59 Å². The quantitative estimate of drug-likeness (QED) is 0.883. The highest BCUT2D eigenvalue weighted by molar-refractivity contribution is 5.94. The Balaban J connectivity index is 1.92. The van der Waals surface area contributed by atoms with Gasteiger partial charge in [-0.15, -0.1) is 0 Å². The molecule has 1 aromatic heterocycles. The first kappa shape index (κ1) is 17.7. The molecule has 2 N–H and O–H groups in total. The highest BCUT2D eigenvalue weighted by atomic mass is 16.2. The predicted octanol–water partition coefficient (Wildman–Crippen LogP) is 2.85. The van der Waals surface area contributed by atoms with Crippen LogP contribution in [0.25, 0.3) is 0 Å². The lowest BCUT2D eigenvalue weighted by molar-refractivity contribution is -0.119. The van der Waals surface area contributed by atoms with E-state index in [9.17, 15) is 9.59 Å². The zero-order valence-electron chi connectivity index (χ0n) is 14.4. The van der Waals surface area contributed by atoms with Crippen molar-refractivity contribution in [2.45, 2.75) is 40.2 Å². The second-order valence-corrected chi connectivity index (χ2v) is 6.90. The Bertz CT molecular complexity index is 687. The Morgan fingerprint density at radius 3 is 2.21 bits per heavy atom. The Labute approximate surface area is 141 Å². The summed E-state index contributed by atoms with van der Waals surface area (Å²) in [5.74, 6) is -0.218. The zero-order valence-corrected chi connectivity index (χ0v) is 14.4. The van der Waals surface area contributed by atoms with Crippen molar-refractivity contribution in [2.75, 3.05) is 10.6 Å². The number of amides is 2. The minimum Gasteiger partial charge on any atom is -0.326 e. The number of hydrogen-bond donors (Lipinski definition) is 2. The largest absolute Gasteiger partial charge is 0.326 e. The molecule has 0 saturated heterocycles. The van der Waals surface area contributed by atoms with Crippen LogP contribution in [0.15, 0.2) is 36.9 Å². The molecule has 7 heteroatoms. The van der Waals surface area contributed by atoms with E-state index in [4.69, 9.17) is 0 Å². The van der Waals surface area contributed by atoms with Crippen molar-refractivity contribution in [1.29, 1.82) is 0 Å². The van der Waals surface area contributed by atoms with Crippen LogP contribution in [0.4, 0.5) is 11.4 Å². The molecule has 1 atom stereocenters. The third-order valence-electron chi connectivity index (χ3n) is 3.34. The van der Waals surface area contributed by atoms with Gasteiger partial charge in [-0.3, -0.25) is 9.59 Å². The van der Waals surface area contributed by atoms with E-state index in [1.54, 1.807) is 31.2 Å². The van der Waals surface area contributed by atoms with Gasteiger partial charge in [0.2, 0.25) is 11.8 Å². The van der Waals surface area contributed by atoms with Crippen molar-refractivity contribution in [2.24, 2.45) is 5.41 Å². The molecule has 128 valence electrons. The summed E-state index contributed by atoms with van der Waals surface area (Å²) in [7, 11) is 0. The first-order valence-corrected chi connectivity index (χ1v) is 7.79. The number of aromatic nitrogens is 3. The van der Waals surface area contributed by atoms with Crippen LogP contribution in [-0.4, -0.2) is 26.6 Å². The van der Waals surface area contributed by atoms with E-state index in [1.165, 1.54) is 17.3 Å². The minimum atomic E-state index is -0.460. The molecule has 24 heavy (non-hydrogen) atoms. The number of hydrogen-bond acceptors (Lipinski definition) is 4. The van der Waals surface area contributed by atoms with E-state index in [0.29, 0.717) is 17.8 Å². The number of carbonyl (C=O) groups excluding carboxylic acids is 2. The lowest BCUT2D eigenvalue weighted by Crippen LogP contribution is -2.24. The molecule has 0 fully saturated rings. The Kier molecular flexibility index (Phi) is 5.33. The van der Waals surface area contributed by atoms with E-state index in [0.717, 1.165) is 0 Å². The number of nitrogens with one attached hydrogen (secondary N) is 2. The summed E-state index contributed by atoms with van der Waals surface area (Å²) in [5, 5.41) is 9.61. The summed E-state index contributed by atoms with van der Waals surface area (Å²) in [4.78, 5) is 27.9. The summed E-state index contributed by atoms with van der Waals surface area (Å²) in [5.41, 5.74) is 1.29. The molecule has 0 radical (unpaired) electrons. The zero-order chi connectivity index (χ0) is 17.7. The van der Waals surface area contributed by atoms with Crippen molar-refractivity contribution in [3.63, 3.8) is 0 Å². The van der Waals surface area contributed by atoms with Crippen molar-refractivity contribution in [3.05, 3.63) is 36.9 Å². The highest BCUT2D eigenvalue weighted by Gasteiger charge is 2.17. The fraction of sp³-hybridized carbons (Fsp3) is 0.412. The van der Waals surface area contributed by atoms with Crippen LogP contribution < -0.4 is 10.6 Å². The Morgan fingerprint density at radius 2 is 1.71 bits per heavy atom. The molecule has 2 amide bonds. The monoisotopic (exact) mass is 329 g/mol. The molecule has 1 heterocycles. The first-order chi connectivity index (χ1) is 11.2. The topological polar surface area (TPSA) is 88.9 Å². The van der Waals surface area contributed by atoms with E-state index in [-0.39, 0.29) is 17.2 Å². The van der Waals surface area contributed by atoms with E-state index < -0.39 is 6.04 Å². The predicted molar refractivity (Wildman–Crippen MR) is 92.5 cm³/mol. The minimum absolute atomic E-state index is 0.0286. The van der Waals surface area contributed by atoms with Gasteiger partial charge in [-0.25, -0.2) is 9.67 Å². The van der Waals surface area contributed by atoms with Gasteiger partial charge in [-0.2, -0.15) is 5.10 Å². The van der Waals surface area contributed by atoms with E-state index in [2.05, 4.69) is 20.7 Å². The molecule has 7 nitrogen and oxygen atoms in total. The molecule has 0 aliphatic carbocycles. The maximum atomic E-state index is 12.2. The highest BCUT2D eigenvalue weighted by Crippen LogP contribution is 2.20. The Morgan fingerprint density at radius 1 is 1.12 bits per heavy atom. The van der Waals surface area contributed by atoms with Gasteiger partial charge in [0.1, 0.15) is 18.7 Å². The van der Waals surface area contributed by atoms with Crippen LogP contribution in [0, 0.1) is 5.41 Å². The van der Waals surface area contributed by atoms with Crippen LogP contribution >= 0.6 is 0 Å². The SMILES string of the molecule is C[C@H](C(=O)Nc1ccc(NC(=O)CC(C)(C)C)cc1)n1cncn1. The molecule has 1 aromatic carbocycles. The average molecular weight is 329 g/mol. The number of nitrogens with zero attached hydrogens (tertiary/aromatic N) is 3. The maximum absolute atomic E-state index is 12.2. The molecule has 2 rings (SSSR count). The Hall–Kier alpha value is -2.70. The lowest BCUT2D eigenvalue weighted by Gasteiger charge is -2.17.